The molecule has 0 amide bonds. The summed E-state index contributed by atoms with van der Waals surface area (Å²) in [5.41, 5.74) is 3.34. The number of ether oxygens (including phenoxy) is 1. The molecule has 0 spiro atoms. The summed E-state index contributed by atoms with van der Waals surface area (Å²) < 4.78 is 20.0. The van der Waals surface area contributed by atoms with Crippen molar-refractivity contribution in [2.75, 3.05) is 6.61 Å². The maximum absolute atomic E-state index is 14.4. The second kappa shape index (κ2) is 15.0. The van der Waals surface area contributed by atoms with Gasteiger partial charge in [-0.1, -0.05) is 108 Å². The molecule has 0 aliphatic heterocycles. The zero-order valence-electron chi connectivity index (χ0n) is 19.2. The van der Waals surface area contributed by atoms with Crippen LogP contribution in [0.1, 0.15) is 96.5 Å². The number of hydrogen-bond acceptors (Lipinski definition) is 1. The van der Waals surface area contributed by atoms with Crippen molar-refractivity contribution >= 4 is 0 Å². The third-order valence-corrected chi connectivity index (χ3v) is 5.79. The first-order chi connectivity index (χ1) is 14.7. The molecule has 2 aromatic carbocycles. The highest BCUT2D eigenvalue weighted by Gasteiger charge is 2.07. The van der Waals surface area contributed by atoms with E-state index in [0.717, 1.165) is 30.4 Å². The first-order valence-electron chi connectivity index (χ1n) is 12.3. The van der Waals surface area contributed by atoms with Crippen LogP contribution in [0.15, 0.2) is 42.5 Å². The van der Waals surface area contributed by atoms with E-state index < -0.39 is 0 Å². The molecule has 2 heteroatoms. The summed E-state index contributed by atoms with van der Waals surface area (Å²) >= 11 is 0. The number of hydrogen-bond donors (Lipinski definition) is 0. The second-order valence-corrected chi connectivity index (χ2v) is 8.48. The zero-order chi connectivity index (χ0) is 21.4. The van der Waals surface area contributed by atoms with E-state index in [9.17, 15) is 4.39 Å². The van der Waals surface area contributed by atoms with Crippen LogP contribution in [0.4, 0.5) is 4.39 Å². The Morgan fingerprint density at radius 1 is 0.633 bits per heavy atom. The standard InChI is InChI=1S/C28H41FO/c1-3-5-7-9-10-11-12-13-15-24-16-18-25(19-17-24)26-20-21-28(27(29)23-26)30-22-14-8-6-4-2/h16-21,23H,3-15,22H2,1-2H3. The van der Waals surface area contributed by atoms with Crippen molar-refractivity contribution in [1.82, 2.24) is 0 Å². The molecule has 2 rings (SSSR count). The SMILES string of the molecule is CCCCCCCCCCc1ccc(-c2ccc(OCCCCCC)c(F)c2)cc1. The van der Waals surface area contributed by atoms with Gasteiger partial charge < -0.3 is 4.74 Å². The summed E-state index contributed by atoms with van der Waals surface area (Å²) in [4.78, 5) is 0. The van der Waals surface area contributed by atoms with Crippen molar-refractivity contribution in [3.8, 4) is 16.9 Å². The molecule has 0 atom stereocenters. The molecule has 2 aromatic rings. The Hall–Kier alpha value is -1.83. The van der Waals surface area contributed by atoms with Crippen molar-refractivity contribution in [1.29, 1.82) is 0 Å². The van der Waals surface area contributed by atoms with Gasteiger partial charge in [-0.25, -0.2) is 4.39 Å². The molecule has 0 saturated carbocycles. The maximum Gasteiger partial charge on any atom is 0.165 e. The van der Waals surface area contributed by atoms with Gasteiger partial charge in [0.2, 0.25) is 0 Å². The highest BCUT2D eigenvalue weighted by Crippen LogP contribution is 2.26. The predicted molar refractivity (Wildman–Crippen MR) is 128 cm³/mol. The fourth-order valence-electron chi connectivity index (χ4n) is 3.84. The molecule has 166 valence electrons. The van der Waals surface area contributed by atoms with Gasteiger partial charge in [0.15, 0.2) is 11.6 Å². The number of halogens is 1. The molecule has 0 saturated heterocycles. The fourth-order valence-corrected chi connectivity index (χ4v) is 3.84. The van der Waals surface area contributed by atoms with Crippen LogP contribution in [0.25, 0.3) is 11.1 Å². The molecule has 0 fully saturated rings. The molecule has 0 N–H and O–H groups in total. The van der Waals surface area contributed by atoms with Gasteiger partial charge in [0, 0.05) is 0 Å². The average Bonchev–Trinajstić information content (AvgIpc) is 2.77. The molecular formula is C28H41FO. The van der Waals surface area contributed by atoms with E-state index in [1.807, 2.05) is 6.07 Å². The van der Waals surface area contributed by atoms with E-state index in [4.69, 9.17) is 4.74 Å². The maximum atomic E-state index is 14.4. The Kier molecular flexibility index (Phi) is 12.3. The van der Waals surface area contributed by atoms with Crippen molar-refractivity contribution < 1.29 is 9.13 Å². The van der Waals surface area contributed by atoms with Crippen LogP contribution < -0.4 is 4.74 Å². The summed E-state index contributed by atoms with van der Waals surface area (Å²) in [6.07, 6.45) is 16.4. The van der Waals surface area contributed by atoms with E-state index >= 15 is 0 Å². The zero-order valence-corrected chi connectivity index (χ0v) is 19.2. The Morgan fingerprint density at radius 2 is 1.20 bits per heavy atom. The van der Waals surface area contributed by atoms with Gasteiger partial charge in [0.05, 0.1) is 6.61 Å². The van der Waals surface area contributed by atoms with Gasteiger partial charge >= 0.3 is 0 Å². The average molecular weight is 413 g/mol. The molecule has 0 bridgehead atoms. The van der Waals surface area contributed by atoms with Crippen LogP contribution in [-0.4, -0.2) is 6.61 Å². The molecule has 1 nitrogen and oxygen atoms in total. The Balaban J connectivity index is 1.74. The van der Waals surface area contributed by atoms with Crippen molar-refractivity contribution in [3.05, 3.63) is 53.8 Å². The summed E-state index contributed by atoms with van der Waals surface area (Å²) in [6.45, 7) is 5.04. The molecule has 0 aromatic heterocycles. The van der Waals surface area contributed by atoms with Gasteiger partial charge in [0.25, 0.3) is 0 Å². The Morgan fingerprint density at radius 3 is 1.83 bits per heavy atom. The van der Waals surface area contributed by atoms with Gasteiger partial charge in [-0.05, 0) is 48.1 Å². The third-order valence-electron chi connectivity index (χ3n) is 5.79. The minimum Gasteiger partial charge on any atom is -0.491 e. The van der Waals surface area contributed by atoms with Gasteiger partial charge in [0.1, 0.15) is 0 Å². The topological polar surface area (TPSA) is 9.23 Å². The summed E-state index contributed by atoms with van der Waals surface area (Å²) in [6, 6.07) is 13.9. The van der Waals surface area contributed by atoms with Crippen LogP contribution in [-0.2, 0) is 6.42 Å². The predicted octanol–water partition coefficient (Wildman–Crippen LogP) is 9.13. The monoisotopic (exact) mass is 412 g/mol. The fraction of sp³-hybridized carbons (Fsp3) is 0.571. The van der Waals surface area contributed by atoms with Crippen molar-refractivity contribution in [2.24, 2.45) is 0 Å². The highest BCUT2D eigenvalue weighted by molar-refractivity contribution is 5.64. The molecule has 0 aliphatic carbocycles. The molecule has 0 heterocycles. The van der Waals surface area contributed by atoms with E-state index in [1.54, 1.807) is 12.1 Å². The van der Waals surface area contributed by atoms with E-state index in [-0.39, 0.29) is 5.82 Å². The number of benzene rings is 2. The molecule has 0 aliphatic rings. The van der Waals surface area contributed by atoms with Crippen LogP contribution in [0.3, 0.4) is 0 Å². The van der Waals surface area contributed by atoms with Crippen LogP contribution in [0.2, 0.25) is 0 Å². The van der Waals surface area contributed by atoms with Crippen LogP contribution in [0, 0.1) is 5.82 Å². The minimum atomic E-state index is -0.272. The lowest BCUT2D eigenvalue weighted by Crippen LogP contribution is -1.99. The second-order valence-electron chi connectivity index (χ2n) is 8.48. The van der Waals surface area contributed by atoms with Gasteiger partial charge in [-0.15, -0.1) is 0 Å². The normalized spacial score (nSPS) is 11.0. The lowest BCUT2D eigenvalue weighted by molar-refractivity contribution is 0.290. The Bertz CT molecular complexity index is 692. The molecule has 0 radical (unpaired) electrons. The summed E-state index contributed by atoms with van der Waals surface area (Å²) in [5.74, 6) is 0.0903. The minimum absolute atomic E-state index is 0.272. The summed E-state index contributed by atoms with van der Waals surface area (Å²) in [7, 11) is 0. The number of unbranched alkanes of at least 4 members (excludes halogenated alkanes) is 10. The van der Waals surface area contributed by atoms with Gasteiger partial charge in [-0.2, -0.15) is 0 Å². The lowest BCUT2D eigenvalue weighted by Gasteiger charge is -2.09. The highest BCUT2D eigenvalue weighted by atomic mass is 19.1. The number of aryl methyl sites for hydroxylation is 1. The van der Waals surface area contributed by atoms with E-state index in [0.29, 0.717) is 12.4 Å². The van der Waals surface area contributed by atoms with E-state index in [1.165, 1.54) is 69.8 Å². The van der Waals surface area contributed by atoms with Crippen LogP contribution >= 0.6 is 0 Å². The summed E-state index contributed by atoms with van der Waals surface area (Å²) in [5, 5.41) is 0. The van der Waals surface area contributed by atoms with Gasteiger partial charge in [-0.3, -0.25) is 0 Å². The first-order valence-corrected chi connectivity index (χ1v) is 12.3. The molecule has 30 heavy (non-hydrogen) atoms. The smallest absolute Gasteiger partial charge is 0.165 e. The first kappa shape index (κ1) is 24.4. The number of rotatable bonds is 16. The van der Waals surface area contributed by atoms with Crippen molar-refractivity contribution in [2.45, 2.75) is 97.3 Å². The lowest BCUT2D eigenvalue weighted by atomic mass is 10.0. The molecule has 0 unspecified atom stereocenters. The van der Waals surface area contributed by atoms with E-state index in [2.05, 4.69) is 38.1 Å². The Labute approximate surface area is 184 Å². The van der Waals surface area contributed by atoms with Crippen molar-refractivity contribution in [3.63, 3.8) is 0 Å². The third kappa shape index (κ3) is 9.32. The molecular weight excluding hydrogens is 371 g/mol. The van der Waals surface area contributed by atoms with Crippen LogP contribution in [0.5, 0.6) is 5.75 Å². The quantitative estimate of drug-likeness (QED) is 0.250. The largest absolute Gasteiger partial charge is 0.491 e.